The number of nitrogen functional groups attached to an aromatic ring is 1. The molecule has 0 radical (unpaired) electrons. The molecular weight excluding hydrogens is 212 g/mol. The van der Waals surface area contributed by atoms with Crippen LogP contribution < -0.4 is 5.73 Å². The van der Waals surface area contributed by atoms with Crippen LogP contribution in [0.1, 0.15) is 25.3 Å². The van der Waals surface area contributed by atoms with Crippen molar-refractivity contribution < 1.29 is 4.79 Å². The summed E-state index contributed by atoms with van der Waals surface area (Å²) in [7, 11) is 1.82. The van der Waals surface area contributed by atoms with E-state index in [1.807, 2.05) is 31.3 Å². The van der Waals surface area contributed by atoms with Crippen LogP contribution in [-0.4, -0.2) is 24.4 Å². The molecule has 2 N–H and O–H groups in total. The van der Waals surface area contributed by atoms with Crippen LogP contribution in [0.15, 0.2) is 30.3 Å². The molecule has 1 rings (SSSR count). The van der Waals surface area contributed by atoms with E-state index < -0.39 is 0 Å². The Morgan fingerprint density at radius 1 is 1.47 bits per heavy atom. The highest BCUT2D eigenvalue weighted by atomic mass is 16.2. The summed E-state index contributed by atoms with van der Waals surface area (Å²) in [6.45, 7) is 2.91. The van der Waals surface area contributed by atoms with Crippen molar-refractivity contribution in [1.29, 1.82) is 0 Å². The van der Waals surface area contributed by atoms with E-state index in [1.54, 1.807) is 17.1 Å². The van der Waals surface area contributed by atoms with Gasteiger partial charge in [-0.05, 0) is 30.2 Å². The van der Waals surface area contributed by atoms with E-state index in [1.165, 1.54) is 0 Å². The van der Waals surface area contributed by atoms with Crippen molar-refractivity contribution in [3.05, 3.63) is 35.9 Å². The van der Waals surface area contributed by atoms with Crippen molar-refractivity contribution in [1.82, 2.24) is 4.90 Å². The molecule has 3 heteroatoms. The number of hydrogen-bond donors (Lipinski definition) is 1. The molecule has 1 aromatic rings. The molecule has 0 aromatic heterocycles. The Morgan fingerprint density at radius 3 is 2.88 bits per heavy atom. The minimum Gasteiger partial charge on any atom is -0.399 e. The van der Waals surface area contributed by atoms with E-state index in [0.717, 1.165) is 24.9 Å². The molecule has 3 nitrogen and oxygen atoms in total. The number of nitrogens with two attached hydrogens (primary N) is 1. The molecule has 0 spiro atoms. The molecule has 17 heavy (non-hydrogen) atoms. The first-order chi connectivity index (χ1) is 8.13. The molecule has 0 heterocycles. The lowest BCUT2D eigenvalue weighted by Gasteiger charge is -2.13. The third kappa shape index (κ3) is 4.72. The van der Waals surface area contributed by atoms with Crippen molar-refractivity contribution in [2.45, 2.75) is 19.8 Å². The smallest absolute Gasteiger partial charge is 0.246 e. The maximum Gasteiger partial charge on any atom is 0.246 e. The van der Waals surface area contributed by atoms with Crippen LogP contribution >= 0.6 is 0 Å². The molecule has 0 aliphatic rings. The lowest BCUT2D eigenvalue weighted by Crippen LogP contribution is -2.25. The van der Waals surface area contributed by atoms with Crippen LogP contribution in [0.2, 0.25) is 0 Å². The van der Waals surface area contributed by atoms with Gasteiger partial charge in [0.15, 0.2) is 0 Å². The average Bonchev–Trinajstić information content (AvgIpc) is 2.33. The van der Waals surface area contributed by atoms with Gasteiger partial charge in [0.2, 0.25) is 5.91 Å². The van der Waals surface area contributed by atoms with Gasteiger partial charge < -0.3 is 10.6 Å². The van der Waals surface area contributed by atoms with E-state index in [-0.39, 0.29) is 5.91 Å². The largest absolute Gasteiger partial charge is 0.399 e. The van der Waals surface area contributed by atoms with Crippen molar-refractivity contribution in [2.75, 3.05) is 19.3 Å². The second-order valence-corrected chi connectivity index (χ2v) is 4.12. The summed E-state index contributed by atoms with van der Waals surface area (Å²) in [6.07, 6.45) is 5.51. The normalized spacial score (nSPS) is 10.7. The number of hydrogen-bond acceptors (Lipinski definition) is 2. The van der Waals surface area contributed by atoms with Crippen LogP contribution in [-0.2, 0) is 4.79 Å². The second-order valence-electron chi connectivity index (χ2n) is 4.12. The van der Waals surface area contributed by atoms with Gasteiger partial charge in [0.1, 0.15) is 0 Å². The SMILES string of the molecule is CCCCN(C)C(=O)/C=C/c1cccc(N)c1. The Morgan fingerprint density at radius 2 is 2.24 bits per heavy atom. The van der Waals surface area contributed by atoms with Crippen LogP contribution in [0.5, 0.6) is 0 Å². The molecule has 0 bridgehead atoms. The number of rotatable bonds is 5. The van der Waals surface area contributed by atoms with Crippen LogP contribution in [0.3, 0.4) is 0 Å². The first kappa shape index (κ1) is 13.3. The zero-order valence-corrected chi connectivity index (χ0v) is 10.5. The Bertz CT molecular complexity index is 399. The molecule has 0 fully saturated rings. The first-order valence-electron chi connectivity index (χ1n) is 5.92. The molecule has 92 valence electrons. The summed E-state index contributed by atoms with van der Waals surface area (Å²) in [4.78, 5) is 13.4. The standard InChI is InChI=1S/C14H20N2O/c1-3-4-10-16(2)14(17)9-8-12-6-5-7-13(15)11-12/h5-9,11H,3-4,10,15H2,1-2H3/b9-8+. The number of unbranched alkanes of at least 4 members (excludes halogenated alkanes) is 1. The van der Waals surface area contributed by atoms with Crippen molar-refractivity contribution in [3.8, 4) is 0 Å². The Kier molecular flexibility index (Phi) is 5.27. The maximum absolute atomic E-state index is 11.7. The summed E-state index contributed by atoms with van der Waals surface area (Å²) < 4.78 is 0. The Labute approximate surface area is 103 Å². The van der Waals surface area contributed by atoms with Gasteiger partial charge in [-0.3, -0.25) is 4.79 Å². The summed E-state index contributed by atoms with van der Waals surface area (Å²) in [5.41, 5.74) is 7.32. The fraction of sp³-hybridized carbons (Fsp3) is 0.357. The van der Waals surface area contributed by atoms with Crippen molar-refractivity contribution >= 4 is 17.7 Å². The van der Waals surface area contributed by atoms with Gasteiger partial charge in [-0.1, -0.05) is 25.5 Å². The molecular formula is C14H20N2O. The fourth-order valence-electron chi connectivity index (χ4n) is 1.46. The highest BCUT2D eigenvalue weighted by molar-refractivity contribution is 5.91. The van der Waals surface area contributed by atoms with E-state index in [4.69, 9.17) is 5.73 Å². The molecule has 1 aromatic carbocycles. The molecule has 0 unspecified atom stereocenters. The minimum atomic E-state index is 0.0286. The van der Waals surface area contributed by atoms with E-state index in [9.17, 15) is 4.79 Å². The molecule has 0 atom stereocenters. The van der Waals surface area contributed by atoms with E-state index >= 15 is 0 Å². The maximum atomic E-state index is 11.7. The van der Waals surface area contributed by atoms with Crippen LogP contribution in [0.25, 0.3) is 6.08 Å². The number of likely N-dealkylation sites (N-methyl/N-ethyl adjacent to an activating group) is 1. The first-order valence-corrected chi connectivity index (χ1v) is 5.92. The summed E-state index contributed by atoms with van der Waals surface area (Å²) in [6, 6.07) is 7.47. The van der Waals surface area contributed by atoms with Crippen LogP contribution in [0, 0.1) is 0 Å². The fourth-order valence-corrected chi connectivity index (χ4v) is 1.46. The highest BCUT2D eigenvalue weighted by Crippen LogP contribution is 2.08. The summed E-state index contributed by atoms with van der Waals surface area (Å²) >= 11 is 0. The van der Waals surface area contributed by atoms with Gasteiger partial charge >= 0.3 is 0 Å². The molecule has 0 aliphatic heterocycles. The van der Waals surface area contributed by atoms with Crippen LogP contribution in [0.4, 0.5) is 5.69 Å². The number of carbonyl (C=O) groups excluding carboxylic acids is 1. The van der Waals surface area contributed by atoms with Crippen molar-refractivity contribution in [3.63, 3.8) is 0 Å². The lowest BCUT2D eigenvalue weighted by molar-refractivity contribution is -0.124. The predicted octanol–water partition coefficient (Wildman–Crippen LogP) is 2.54. The van der Waals surface area contributed by atoms with Gasteiger partial charge in [0, 0.05) is 25.4 Å². The predicted molar refractivity (Wildman–Crippen MR) is 72.4 cm³/mol. The Hall–Kier alpha value is -1.77. The Balaban J connectivity index is 2.55. The number of nitrogens with zero attached hydrogens (tertiary/aromatic N) is 1. The zero-order chi connectivity index (χ0) is 12.7. The zero-order valence-electron chi connectivity index (χ0n) is 10.5. The quantitative estimate of drug-likeness (QED) is 0.626. The van der Waals surface area contributed by atoms with Gasteiger partial charge in [0.25, 0.3) is 0 Å². The highest BCUT2D eigenvalue weighted by Gasteiger charge is 2.02. The third-order valence-electron chi connectivity index (χ3n) is 2.55. The van der Waals surface area contributed by atoms with Gasteiger partial charge in [-0.2, -0.15) is 0 Å². The van der Waals surface area contributed by atoms with Gasteiger partial charge in [-0.25, -0.2) is 0 Å². The molecule has 0 aliphatic carbocycles. The summed E-state index contributed by atoms with van der Waals surface area (Å²) in [5.74, 6) is 0.0286. The second kappa shape index (κ2) is 6.74. The van der Waals surface area contributed by atoms with E-state index in [0.29, 0.717) is 5.69 Å². The number of benzene rings is 1. The molecule has 0 saturated carbocycles. The van der Waals surface area contributed by atoms with Crippen molar-refractivity contribution in [2.24, 2.45) is 0 Å². The number of carbonyl (C=O) groups is 1. The monoisotopic (exact) mass is 232 g/mol. The number of anilines is 1. The van der Waals surface area contributed by atoms with E-state index in [2.05, 4.69) is 6.92 Å². The third-order valence-corrected chi connectivity index (χ3v) is 2.55. The lowest BCUT2D eigenvalue weighted by atomic mass is 10.2. The average molecular weight is 232 g/mol. The number of amides is 1. The topological polar surface area (TPSA) is 46.3 Å². The summed E-state index contributed by atoms with van der Waals surface area (Å²) in [5, 5.41) is 0. The molecule has 0 saturated heterocycles. The molecule has 1 amide bonds. The van der Waals surface area contributed by atoms with Gasteiger partial charge in [-0.15, -0.1) is 0 Å². The van der Waals surface area contributed by atoms with Gasteiger partial charge in [0.05, 0.1) is 0 Å². The minimum absolute atomic E-state index is 0.0286.